The van der Waals surface area contributed by atoms with Gasteiger partial charge < -0.3 is 9.84 Å². The standard InChI is InChI=1S/C9H6BrF6NO2/c10-2-4-5(8(11,12)13)1-7(17-6(4)3-18)19-9(14,15)16/h1,18H,2-3H2. The van der Waals surface area contributed by atoms with Gasteiger partial charge in [-0.15, -0.1) is 13.2 Å². The summed E-state index contributed by atoms with van der Waals surface area (Å²) in [4.78, 5) is 3.20. The van der Waals surface area contributed by atoms with Crippen LogP contribution in [0.3, 0.4) is 0 Å². The number of hydrogen-bond donors (Lipinski definition) is 1. The summed E-state index contributed by atoms with van der Waals surface area (Å²) >= 11 is 2.76. The lowest BCUT2D eigenvalue weighted by Gasteiger charge is -2.16. The Labute approximate surface area is 111 Å². The fraction of sp³-hybridized carbons (Fsp3) is 0.444. The zero-order valence-corrected chi connectivity index (χ0v) is 10.5. The van der Waals surface area contributed by atoms with Crippen LogP contribution >= 0.6 is 15.9 Å². The lowest BCUT2D eigenvalue weighted by molar-refractivity contribution is -0.276. The molecule has 0 bridgehead atoms. The van der Waals surface area contributed by atoms with Crippen molar-refractivity contribution in [3.8, 4) is 5.88 Å². The molecule has 10 heteroatoms. The number of aromatic nitrogens is 1. The average Bonchev–Trinajstić information content (AvgIpc) is 2.24. The maximum Gasteiger partial charge on any atom is 0.574 e. The van der Waals surface area contributed by atoms with E-state index >= 15 is 0 Å². The molecule has 0 saturated carbocycles. The lowest BCUT2D eigenvalue weighted by atomic mass is 10.1. The normalized spacial score (nSPS) is 12.6. The van der Waals surface area contributed by atoms with Crippen molar-refractivity contribution in [3.63, 3.8) is 0 Å². The molecule has 0 fully saturated rings. The molecule has 0 aliphatic carbocycles. The number of ether oxygens (including phenoxy) is 1. The maximum absolute atomic E-state index is 12.7. The van der Waals surface area contributed by atoms with Gasteiger partial charge in [-0.05, 0) is 5.56 Å². The summed E-state index contributed by atoms with van der Waals surface area (Å²) < 4.78 is 77.4. The minimum Gasteiger partial charge on any atom is -0.390 e. The minimum absolute atomic E-state index is 0.142. The van der Waals surface area contributed by atoms with Crippen LogP contribution in [0.4, 0.5) is 26.3 Å². The first-order chi connectivity index (χ1) is 8.58. The van der Waals surface area contributed by atoms with Crippen molar-refractivity contribution < 1.29 is 36.2 Å². The Morgan fingerprint density at radius 2 is 1.79 bits per heavy atom. The predicted molar refractivity (Wildman–Crippen MR) is 54.5 cm³/mol. The van der Waals surface area contributed by atoms with Gasteiger partial charge in [0.05, 0.1) is 17.9 Å². The van der Waals surface area contributed by atoms with Gasteiger partial charge in [-0.2, -0.15) is 13.2 Å². The molecule has 1 aromatic rings. The van der Waals surface area contributed by atoms with Gasteiger partial charge in [0.2, 0.25) is 5.88 Å². The third-order valence-electron chi connectivity index (χ3n) is 2.00. The number of rotatable bonds is 3. The van der Waals surface area contributed by atoms with E-state index in [0.29, 0.717) is 0 Å². The van der Waals surface area contributed by atoms with Crippen LogP contribution in [0.25, 0.3) is 0 Å². The van der Waals surface area contributed by atoms with Crippen molar-refractivity contribution in [1.82, 2.24) is 4.98 Å². The van der Waals surface area contributed by atoms with Gasteiger partial charge >= 0.3 is 12.5 Å². The second-order valence-corrected chi connectivity index (χ2v) is 3.83. The van der Waals surface area contributed by atoms with Crippen LogP contribution in [0.2, 0.25) is 0 Å². The van der Waals surface area contributed by atoms with Crippen LogP contribution in [0, 0.1) is 0 Å². The highest BCUT2D eigenvalue weighted by Gasteiger charge is 2.38. The molecule has 0 atom stereocenters. The SMILES string of the molecule is OCc1nc(OC(F)(F)F)cc(C(F)(F)F)c1CBr. The van der Waals surface area contributed by atoms with Crippen molar-refractivity contribution >= 4 is 15.9 Å². The molecule has 0 aliphatic rings. The highest BCUT2D eigenvalue weighted by molar-refractivity contribution is 9.08. The van der Waals surface area contributed by atoms with E-state index in [2.05, 4.69) is 25.7 Å². The van der Waals surface area contributed by atoms with Gasteiger partial charge in [-0.3, -0.25) is 0 Å². The third-order valence-corrected chi connectivity index (χ3v) is 2.56. The molecular weight excluding hydrogens is 348 g/mol. The molecule has 1 N–H and O–H groups in total. The number of hydrogen-bond acceptors (Lipinski definition) is 3. The molecule has 3 nitrogen and oxygen atoms in total. The van der Waals surface area contributed by atoms with Crippen LogP contribution in [0.1, 0.15) is 16.8 Å². The topological polar surface area (TPSA) is 42.4 Å². The number of alkyl halides is 7. The number of nitrogens with zero attached hydrogens (tertiary/aromatic N) is 1. The summed E-state index contributed by atoms with van der Waals surface area (Å²) in [6, 6.07) is 0.142. The molecule has 0 amide bonds. The largest absolute Gasteiger partial charge is 0.574 e. The van der Waals surface area contributed by atoms with Gasteiger partial charge in [-0.25, -0.2) is 4.98 Å². The van der Waals surface area contributed by atoms with Crippen LogP contribution in [-0.2, 0) is 18.1 Å². The molecule has 1 rings (SSSR count). The monoisotopic (exact) mass is 353 g/mol. The predicted octanol–water partition coefficient (Wildman–Crippen LogP) is 3.39. The van der Waals surface area contributed by atoms with E-state index in [4.69, 9.17) is 5.11 Å². The van der Waals surface area contributed by atoms with Crippen LogP contribution in [0.5, 0.6) is 5.88 Å². The molecule has 0 spiro atoms. The van der Waals surface area contributed by atoms with Crippen molar-refractivity contribution in [1.29, 1.82) is 0 Å². The first-order valence-corrected chi connectivity index (χ1v) is 5.73. The molecule has 0 radical (unpaired) electrons. The van der Waals surface area contributed by atoms with Gasteiger partial charge in [0, 0.05) is 11.4 Å². The average molecular weight is 354 g/mol. The second-order valence-electron chi connectivity index (χ2n) is 3.27. The van der Waals surface area contributed by atoms with Crippen LogP contribution < -0.4 is 4.74 Å². The van der Waals surface area contributed by atoms with E-state index in [9.17, 15) is 26.3 Å². The van der Waals surface area contributed by atoms with Gasteiger partial charge in [0.15, 0.2) is 0 Å². The van der Waals surface area contributed by atoms with Crippen molar-refractivity contribution in [2.45, 2.75) is 24.5 Å². The number of pyridine rings is 1. The first-order valence-electron chi connectivity index (χ1n) is 4.61. The number of aliphatic hydroxyl groups excluding tert-OH is 1. The zero-order chi connectivity index (χ0) is 14.8. The summed E-state index contributed by atoms with van der Waals surface area (Å²) in [5.74, 6) is -1.27. The Morgan fingerprint density at radius 3 is 2.16 bits per heavy atom. The van der Waals surface area contributed by atoms with Gasteiger partial charge in [0.25, 0.3) is 0 Å². The third kappa shape index (κ3) is 4.23. The molecule has 0 aromatic carbocycles. The summed E-state index contributed by atoms with van der Waals surface area (Å²) in [5, 5.41) is 8.55. The van der Waals surface area contributed by atoms with E-state index in [0.717, 1.165) is 0 Å². The summed E-state index contributed by atoms with van der Waals surface area (Å²) in [6.45, 7) is -0.945. The zero-order valence-electron chi connectivity index (χ0n) is 8.94. The van der Waals surface area contributed by atoms with E-state index < -0.39 is 41.8 Å². The number of halogens is 7. The van der Waals surface area contributed by atoms with Crippen LogP contribution in [-0.4, -0.2) is 16.5 Å². The highest BCUT2D eigenvalue weighted by Crippen LogP contribution is 2.37. The van der Waals surface area contributed by atoms with Crippen LogP contribution in [0.15, 0.2) is 6.07 Å². The quantitative estimate of drug-likeness (QED) is 0.669. The number of aliphatic hydroxyl groups is 1. The maximum atomic E-state index is 12.7. The summed E-state index contributed by atoms with van der Waals surface area (Å²) in [6.07, 6.45) is -10.1. The molecule has 0 unspecified atom stereocenters. The summed E-state index contributed by atoms with van der Waals surface area (Å²) in [5.41, 5.74) is -2.32. The molecule has 1 heterocycles. The Balaban J connectivity index is 3.39. The van der Waals surface area contributed by atoms with Gasteiger partial charge in [-0.1, -0.05) is 15.9 Å². The molecule has 108 valence electrons. The molecular formula is C9H6BrF6NO2. The second kappa shape index (κ2) is 5.53. The Bertz CT molecular complexity index is 459. The fourth-order valence-electron chi connectivity index (χ4n) is 1.30. The van der Waals surface area contributed by atoms with Gasteiger partial charge in [0.1, 0.15) is 0 Å². The van der Waals surface area contributed by atoms with Crippen molar-refractivity contribution in [2.24, 2.45) is 0 Å². The Morgan fingerprint density at radius 1 is 1.21 bits per heavy atom. The molecule has 0 aliphatic heterocycles. The van der Waals surface area contributed by atoms with Crippen molar-refractivity contribution in [2.75, 3.05) is 0 Å². The molecule has 19 heavy (non-hydrogen) atoms. The molecule has 0 saturated heterocycles. The Hall–Kier alpha value is -1.03. The highest BCUT2D eigenvalue weighted by atomic mass is 79.9. The summed E-state index contributed by atoms with van der Waals surface area (Å²) in [7, 11) is 0. The fourth-order valence-corrected chi connectivity index (χ4v) is 1.93. The minimum atomic E-state index is -5.17. The van der Waals surface area contributed by atoms with E-state index in [-0.39, 0.29) is 11.4 Å². The lowest BCUT2D eigenvalue weighted by Crippen LogP contribution is -2.20. The van der Waals surface area contributed by atoms with E-state index in [1.54, 1.807) is 0 Å². The molecule has 1 aromatic heterocycles. The van der Waals surface area contributed by atoms with E-state index in [1.165, 1.54) is 0 Å². The first kappa shape index (κ1) is 16.0. The smallest absolute Gasteiger partial charge is 0.390 e. The van der Waals surface area contributed by atoms with Crippen molar-refractivity contribution in [3.05, 3.63) is 22.9 Å². The Kier molecular flexibility index (Phi) is 4.67. The van der Waals surface area contributed by atoms with E-state index in [1.807, 2.05) is 0 Å².